The van der Waals surface area contributed by atoms with E-state index in [9.17, 15) is 4.79 Å². The zero-order chi connectivity index (χ0) is 15.4. The summed E-state index contributed by atoms with van der Waals surface area (Å²) >= 11 is 0. The molecule has 0 aromatic rings. The number of hydrogen-bond donors (Lipinski definition) is 0. The largest absolute Gasteiger partial charge is 0.305 e. The molecule has 2 fully saturated rings. The summed E-state index contributed by atoms with van der Waals surface area (Å²) in [4.78, 5) is 17.4. The third-order valence-electron chi connectivity index (χ3n) is 5.70. The molecule has 3 unspecified atom stereocenters. The van der Waals surface area contributed by atoms with E-state index in [1.54, 1.807) is 0 Å². The summed E-state index contributed by atoms with van der Waals surface area (Å²) in [6.45, 7) is 11.4. The lowest BCUT2D eigenvalue weighted by atomic mass is 9.75. The van der Waals surface area contributed by atoms with Crippen LogP contribution in [-0.2, 0) is 4.79 Å². The molecule has 0 aromatic heterocycles. The Labute approximate surface area is 131 Å². The van der Waals surface area contributed by atoms with Gasteiger partial charge in [0.05, 0.1) is 0 Å². The van der Waals surface area contributed by atoms with E-state index in [0.29, 0.717) is 17.7 Å². The second-order valence-corrected chi connectivity index (χ2v) is 7.61. The Hall–Kier alpha value is -0.410. The van der Waals surface area contributed by atoms with E-state index < -0.39 is 0 Å². The third-order valence-corrected chi connectivity index (χ3v) is 5.70. The number of carbonyl (C=O) groups is 1. The molecule has 0 aromatic carbocycles. The van der Waals surface area contributed by atoms with Gasteiger partial charge in [0.25, 0.3) is 0 Å². The highest BCUT2D eigenvalue weighted by Crippen LogP contribution is 2.32. The third kappa shape index (κ3) is 4.53. The molecule has 1 aliphatic heterocycles. The Bertz CT molecular complexity index is 342. The van der Waals surface area contributed by atoms with Gasteiger partial charge in [-0.2, -0.15) is 0 Å². The number of hydrogen-bond acceptors (Lipinski definition) is 3. The lowest BCUT2D eigenvalue weighted by molar-refractivity contribution is -0.127. The van der Waals surface area contributed by atoms with Gasteiger partial charge in [0.15, 0.2) is 0 Å². The minimum atomic E-state index is 0.295. The second kappa shape index (κ2) is 7.73. The summed E-state index contributed by atoms with van der Waals surface area (Å²) < 4.78 is 0. The topological polar surface area (TPSA) is 23.6 Å². The molecule has 3 nitrogen and oxygen atoms in total. The van der Waals surface area contributed by atoms with Crippen LogP contribution in [0.1, 0.15) is 52.9 Å². The highest BCUT2D eigenvalue weighted by Gasteiger charge is 2.33. The summed E-state index contributed by atoms with van der Waals surface area (Å²) in [6.07, 6.45) is 5.49. The Kier molecular flexibility index (Phi) is 6.24. The van der Waals surface area contributed by atoms with E-state index in [-0.39, 0.29) is 0 Å². The fourth-order valence-electron chi connectivity index (χ4n) is 4.13. The first-order valence-corrected chi connectivity index (χ1v) is 8.96. The summed E-state index contributed by atoms with van der Waals surface area (Å²) in [5.74, 6) is 2.29. The molecule has 21 heavy (non-hydrogen) atoms. The van der Waals surface area contributed by atoms with Gasteiger partial charge in [0.2, 0.25) is 0 Å². The van der Waals surface area contributed by atoms with Crippen LogP contribution in [0.3, 0.4) is 0 Å². The van der Waals surface area contributed by atoms with E-state index in [1.165, 1.54) is 25.9 Å². The van der Waals surface area contributed by atoms with Gasteiger partial charge in [-0.1, -0.05) is 20.8 Å². The van der Waals surface area contributed by atoms with Crippen LogP contribution in [0, 0.1) is 17.8 Å². The van der Waals surface area contributed by atoms with Gasteiger partial charge in [0, 0.05) is 31.5 Å². The van der Waals surface area contributed by atoms with Gasteiger partial charge in [-0.15, -0.1) is 0 Å². The normalized spacial score (nSPS) is 33.4. The Morgan fingerprint density at radius 3 is 2.71 bits per heavy atom. The molecule has 3 atom stereocenters. The van der Waals surface area contributed by atoms with Gasteiger partial charge >= 0.3 is 0 Å². The van der Waals surface area contributed by atoms with Crippen molar-refractivity contribution in [3.05, 3.63) is 0 Å². The van der Waals surface area contributed by atoms with E-state index >= 15 is 0 Å². The number of Topliss-reactive ketones (excluding diaryl/α,β-unsaturated/α-hetero) is 1. The molecule has 0 amide bonds. The molecule has 1 saturated heterocycles. The molecule has 0 radical (unpaired) electrons. The van der Waals surface area contributed by atoms with Gasteiger partial charge in [-0.25, -0.2) is 0 Å². The van der Waals surface area contributed by atoms with Crippen LogP contribution in [0.15, 0.2) is 0 Å². The van der Waals surface area contributed by atoms with Crippen molar-refractivity contribution in [1.29, 1.82) is 0 Å². The molecule has 2 rings (SSSR count). The fraction of sp³-hybridized carbons (Fsp3) is 0.944. The van der Waals surface area contributed by atoms with Crippen molar-refractivity contribution in [2.45, 2.75) is 58.9 Å². The summed E-state index contributed by atoms with van der Waals surface area (Å²) in [6, 6.07) is 0.629. The minimum Gasteiger partial charge on any atom is -0.305 e. The molecule has 0 N–H and O–H groups in total. The van der Waals surface area contributed by atoms with Crippen LogP contribution < -0.4 is 0 Å². The van der Waals surface area contributed by atoms with Gasteiger partial charge in [0.1, 0.15) is 5.78 Å². The summed E-state index contributed by atoms with van der Waals surface area (Å²) in [7, 11) is 2.23. The minimum absolute atomic E-state index is 0.295. The van der Waals surface area contributed by atoms with Crippen LogP contribution in [0.4, 0.5) is 0 Å². The molecule has 122 valence electrons. The Balaban J connectivity index is 1.98. The van der Waals surface area contributed by atoms with Gasteiger partial charge in [-0.3, -0.25) is 9.69 Å². The molecular weight excluding hydrogens is 260 g/mol. The van der Waals surface area contributed by atoms with E-state index in [2.05, 4.69) is 37.6 Å². The molecule has 1 saturated carbocycles. The van der Waals surface area contributed by atoms with Crippen molar-refractivity contribution in [2.24, 2.45) is 17.8 Å². The standard InChI is InChI=1S/C18H34N2O/c1-5-17-13-19(4)9-6-10-20(17)12-16-11-15(14(2)3)7-8-18(16)21/h14-17H,5-13H2,1-4H3. The number of rotatable bonds is 4. The maximum absolute atomic E-state index is 12.3. The van der Waals surface area contributed by atoms with Gasteiger partial charge in [-0.05, 0) is 57.7 Å². The first-order valence-electron chi connectivity index (χ1n) is 8.96. The van der Waals surface area contributed by atoms with Crippen LogP contribution in [0.25, 0.3) is 0 Å². The van der Waals surface area contributed by atoms with Crippen LogP contribution in [0.5, 0.6) is 0 Å². The highest BCUT2D eigenvalue weighted by molar-refractivity contribution is 5.82. The molecular formula is C18H34N2O. The molecule has 2 aliphatic rings. The summed E-state index contributed by atoms with van der Waals surface area (Å²) in [5.41, 5.74) is 0. The van der Waals surface area contributed by atoms with Crippen LogP contribution in [0.2, 0.25) is 0 Å². The maximum atomic E-state index is 12.3. The van der Waals surface area contributed by atoms with Crippen LogP contribution >= 0.6 is 0 Å². The number of carbonyl (C=O) groups excluding carboxylic acids is 1. The Morgan fingerprint density at radius 1 is 1.29 bits per heavy atom. The molecule has 1 aliphatic carbocycles. The van der Waals surface area contributed by atoms with Crippen molar-refractivity contribution in [2.75, 3.05) is 33.2 Å². The predicted molar refractivity (Wildman–Crippen MR) is 88.4 cm³/mol. The maximum Gasteiger partial charge on any atom is 0.137 e. The zero-order valence-corrected chi connectivity index (χ0v) is 14.5. The SMILES string of the molecule is CCC1CN(C)CCCN1CC1CC(C(C)C)CCC1=O. The smallest absolute Gasteiger partial charge is 0.137 e. The molecule has 1 heterocycles. The van der Waals surface area contributed by atoms with Crippen molar-refractivity contribution >= 4 is 5.78 Å². The molecule has 3 heteroatoms. The first kappa shape index (κ1) is 17.0. The van der Waals surface area contributed by atoms with Gasteiger partial charge < -0.3 is 4.90 Å². The average molecular weight is 294 g/mol. The van der Waals surface area contributed by atoms with Crippen molar-refractivity contribution in [3.8, 4) is 0 Å². The van der Waals surface area contributed by atoms with Crippen LogP contribution in [-0.4, -0.2) is 54.9 Å². The molecule has 0 bridgehead atoms. The Morgan fingerprint density at radius 2 is 2.05 bits per heavy atom. The quantitative estimate of drug-likeness (QED) is 0.796. The van der Waals surface area contributed by atoms with E-state index in [1.807, 2.05) is 0 Å². The average Bonchev–Trinajstić information content (AvgIpc) is 2.62. The highest BCUT2D eigenvalue weighted by atomic mass is 16.1. The lowest BCUT2D eigenvalue weighted by Crippen LogP contribution is -2.45. The number of likely N-dealkylation sites (N-methyl/N-ethyl adjacent to an activating group) is 1. The predicted octanol–water partition coefficient (Wildman–Crippen LogP) is 3.04. The first-order chi connectivity index (χ1) is 10.0. The van der Waals surface area contributed by atoms with E-state index in [0.717, 1.165) is 44.2 Å². The lowest BCUT2D eigenvalue weighted by Gasteiger charge is -2.36. The fourth-order valence-corrected chi connectivity index (χ4v) is 4.13. The van der Waals surface area contributed by atoms with Crippen molar-refractivity contribution < 1.29 is 4.79 Å². The van der Waals surface area contributed by atoms with Crippen molar-refractivity contribution in [1.82, 2.24) is 9.80 Å². The zero-order valence-electron chi connectivity index (χ0n) is 14.5. The van der Waals surface area contributed by atoms with Crippen molar-refractivity contribution in [3.63, 3.8) is 0 Å². The number of nitrogens with zero attached hydrogens (tertiary/aromatic N) is 2. The molecule has 0 spiro atoms. The summed E-state index contributed by atoms with van der Waals surface area (Å²) in [5, 5.41) is 0. The number of ketones is 1. The monoisotopic (exact) mass is 294 g/mol. The second-order valence-electron chi connectivity index (χ2n) is 7.61. The van der Waals surface area contributed by atoms with E-state index in [4.69, 9.17) is 0 Å².